The number of benzene rings is 2. The number of fused-ring (bicyclic) bond motifs is 2. The molecule has 0 fully saturated rings. The number of aromatic nitrogens is 1. The molecule has 0 saturated carbocycles. The molecule has 0 radical (unpaired) electrons. The molecule has 0 aliphatic carbocycles. The van der Waals surface area contributed by atoms with Crippen LogP contribution in [0.3, 0.4) is 0 Å². The molecule has 0 amide bonds. The van der Waals surface area contributed by atoms with E-state index in [0.717, 1.165) is 31.0 Å². The van der Waals surface area contributed by atoms with Crippen LogP contribution in [0.15, 0.2) is 48.5 Å². The minimum absolute atomic E-state index is 0.126. The van der Waals surface area contributed by atoms with Gasteiger partial charge in [0.2, 0.25) is 5.88 Å². The Morgan fingerprint density at radius 3 is 2.72 bits per heavy atom. The number of ether oxygens (including phenoxy) is 1. The van der Waals surface area contributed by atoms with Gasteiger partial charge in [0.15, 0.2) is 0 Å². The SMILES string of the molecule is Cc1cc(C)c2cc3c(nc2c1)O[C@H](C)CN(Cc1ccccc1)C3. The highest BCUT2D eigenvalue weighted by Crippen LogP contribution is 2.30. The highest BCUT2D eigenvalue weighted by Gasteiger charge is 2.22. The molecular formula is C22H24N2O. The summed E-state index contributed by atoms with van der Waals surface area (Å²) in [6, 6.07) is 17.3. The Bertz CT molecular complexity index is 905. The van der Waals surface area contributed by atoms with Crippen LogP contribution >= 0.6 is 0 Å². The maximum absolute atomic E-state index is 6.16. The molecule has 0 saturated heterocycles. The maximum atomic E-state index is 6.16. The Hall–Kier alpha value is -2.39. The summed E-state index contributed by atoms with van der Waals surface area (Å²) in [7, 11) is 0. The van der Waals surface area contributed by atoms with E-state index in [0.29, 0.717) is 0 Å². The molecule has 1 aliphatic heterocycles. The topological polar surface area (TPSA) is 25.4 Å². The highest BCUT2D eigenvalue weighted by atomic mass is 16.5. The van der Waals surface area contributed by atoms with Crippen molar-refractivity contribution in [1.29, 1.82) is 0 Å². The molecule has 2 aromatic carbocycles. The molecule has 3 nitrogen and oxygen atoms in total. The summed E-state index contributed by atoms with van der Waals surface area (Å²) in [4.78, 5) is 7.29. The van der Waals surface area contributed by atoms with Crippen molar-refractivity contribution in [3.8, 4) is 5.88 Å². The summed E-state index contributed by atoms with van der Waals surface area (Å²) in [5.74, 6) is 0.792. The van der Waals surface area contributed by atoms with Crippen LogP contribution in [0.1, 0.15) is 29.2 Å². The number of hydrogen-bond donors (Lipinski definition) is 0. The van der Waals surface area contributed by atoms with Crippen molar-refractivity contribution < 1.29 is 4.74 Å². The van der Waals surface area contributed by atoms with E-state index in [4.69, 9.17) is 9.72 Å². The van der Waals surface area contributed by atoms with Gasteiger partial charge in [-0.2, -0.15) is 0 Å². The molecule has 0 N–H and O–H groups in total. The van der Waals surface area contributed by atoms with Crippen molar-refractivity contribution in [2.45, 2.75) is 40.0 Å². The van der Waals surface area contributed by atoms with Gasteiger partial charge < -0.3 is 4.74 Å². The van der Waals surface area contributed by atoms with Gasteiger partial charge in [0.25, 0.3) is 0 Å². The van der Waals surface area contributed by atoms with E-state index in [-0.39, 0.29) is 6.10 Å². The molecule has 128 valence electrons. The number of nitrogens with zero attached hydrogens (tertiary/aromatic N) is 2. The van der Waals surface area contributed by atoms with Crippen LogP contribution in [0.4, 0.5) is 0 Å². The molecule has 25 heavy (non-hydrogen) atoms. The quantitative estimate of drug-likeness (QED) is 0.684. The maximum Gasteiger partial charge on any atom is 0.218 e. The Morgan fingerprint density at radius 2 is 1.92 bits per heavy atom. The second-order valence-electron chi connectivity index (χ2n) is 7.18. The monoisotopic (exact) mass is 332 g/mol. The van der Waals surface area contributed by atoms with Crippen LogP contribution in [-0.4, -0.2) is 22.5 Å². The lowest BCUT2D eigenvalue weighted by atomic mass is 10.0. The smallest absolute Gasteiger partial charge is 0.218 e. The Balaban J connectivity index is 1.71. The van der Waals surface area contributed by atoms with Gasteiger partial charge in [0.05, 0.1) is 5.52 Å². The third-order valence-corrected chi connectivity index (χ3v) is 4.80. The van der Waals surface area contributed by atoms with Gasteiger partial charge in [-0.15, -0.1) is 0 Å². The third kappa shape index (κ3) is 3.38. The highest BCUT2D eigenvalue weighted by molar-refractivity contribution is 5.84. The largest absolute Gasteiger partial charge is 0.473 e. The van der Waals surface area contributed by atoms with E-state index in [1.807, 2.05) is 0 Å². The van der Waals surface area contributed by atoms with Crippen molar-refractivity contribution in [2.75, 3.05) is 6.54 Å². The molecule has 0 unspecified atom stereocenters. The molecule has 3 aromatic rings. The Morgan fingerprint density at radius 1 is 1.12 bits per heavy atom. The summed E-state index contributed by atoms with van der Waals surface area (Å²) in [5, 5.41) is 1.22. The van der Waals surface area contributed by atoms with E-state index in [1.54, 1.807) is 0 Å². The lowest BCUT2D eigenvalue weighted by Crippen LogP contribution is -2.30. The van der Waals surface area contributed by atoms with Crippen molar-refractivity contribution in [1.82, 2.24) is 9.88 Å². The summed E-state index contributed by atoms with van der Waals surface area (Å²) in [6.45, 7) is 9.10. The fourth-order valence-electron chi connectivity index (χ4n) is 3.73. The lowest BCUT2D eigenvalue weighted by Gasteiger charge is -2.21. The molecule has 1 aromatic heterocycles. The minimum Gasteiger partial charge on any atom is -0.473 e. The van der Waals surface area contributed by atoms with E-state index in [9.17, 15) is 0 Å². The van der Waals surface area contributed by atoms with Gasteiger partial charge in [-0.05, 0) is 49.6 Å². The summed E-state index contributed by atoms with van der Waals surface area (Å²) < 4.78 is 6.16. The van der Waals surface area contributed by atoms with Gasteiger partial charge in [-0.3, -0.25) is 4.90 Å². The first kappa shape index (κ1) is 16.1. The van der Waals surface area contributed by atoms with Gasteiger partial charge in [-0.25, -0.2) is 4.98 Å². The zero-order valence-electron chi connectivity index (χ0n) is 15.1. The van der Waals surface area contributed by atoms with Crippen LogP contribution in [0.5, 0.6) is 5.88 Å². The lowest BCUT2D eigenvalue weighted by molar-refractivity contribution is 0.153. The number of aryl methyl sites for hydroxylation is 2. The van der Waals surface area contributed by atoms with Crippen LogP contribution in [-0.2, 0) is 13.1 Å². The van der Waals surface area contributed by atoms with Gasteiger partial charge in [-0.1, -0.05) is 36.4 Å². The van der Waals surface area contributed by atoms with Crippen molar-refractivity contribution in [3.05, 3.63) is 70.8 Å². The molecule has 2 heterocycles. The molecule has 4 rings (SSSR count). The zero-order chi connectivity index (χ0) is 17.4. The molecule has 0 bridgehead atoms. The van der Waals surface area contributed by atoms with E-state index < -0.39 is 0 Å². The van der Waals surface area contributed by atoms with Crippen LogP contribution in [0.25, 0.3) is 10.9 Å². The molecular weight excluding hydrogens is 308 g/mol. The van der Waals surface area contributed by atoms with Crippen LogP contribution < -0.4 is 4.74 Å². The van der Waals surface area contributed by atoms with Crippen molar-refractivity contribution in [2.24, 2.45) is 0 Å². The Kier molecular flexibility index (Phi) is 4.18. The summed E-state index contributed by atoms with van der Waals surface area (Å²) in [5.41, 5.74) is 6.06. The second-order valence-corrected chi connectivity index (χ2v) is 7.18. The van der Waals surface area contributed by atoms with E-state index in [2.05, 4.69) is 74.2 Å². The molecule has 1 aliphatic rings. The van der Waals surface area contributed by atoms with E-state index in [1.165, 1.54) is 27.6 Å². The van der Waals surface area contributed by atoms with Crippen LogP contribution in [0, 0.1) is 13.8 Å². The standard InChI is InChI=1S/C22H24N2O/c1-15-9-16(2)20-11-19-14-24(13-18-7-5-4-6-8-18)12-17(3)25-22(19)23-21(20)10-15/h4-11,17H,12-14H2,1-3H3/t17-/m1/s1. The van der Waals surface area contributed by atoms with Gasteiger partial charge in [0.1, 0.15) is 6.10 Å². The second kappa shape index (κ2) is 6.49. The third-order valence-electron chi connectivity index (χ3n) is 4.80. The van der Waals surface area contributed by atoms with Gasteiger partial charge in [0, 0.05) is 30.6 Å². The Labute approximate surface area is 149 Å². The predicted molar refractivity (Wildman–Crippen MR) is 102 cm³/mol. The summed E-state index contributed by atoms with van der Waals surface area (Å²) >= 11 is 0. The number of hydrogen-bond acceptors (Lipinski definition) is 3. The molecule has 1 atom stereocenters. The molecule has 3 heteroatoms. The minimum atomic E-state index is 0.126. The predicted octanol–water partition coefficient (Wildman–Crippen LogP) is 4.63. The fraction of sp³-hybridized carbons (Fsp3) is 0.318. The first-order valence-electron chi connectivity index (χ1n) is 8.92. The zero-order valence-corrected chi connectivity index (χ0v) is 15.1. The van der Waals surface area contributed by atoms with Gasteiger partial charge >= 0.3 is 0 Å². The van der Waals surface area contributed by atoms with Crippen LogP contribution in [0.2, 0.25) is 0 Å². The average molecular weight is 332 g/mol. The number of pyridine rings is 1. The average Bonchev–Trinajstić information content (AvgIpc) is 2.71. The summed E-state index contributed by atoms with van der Waals surface area (Å²) in [6.07, 6.45) is 0.126. The number of rotatable bonds is 2. The normalized spacial score (nSPS) is 17.8. The first-order valence-corrected chi connectivity index (χ1v) is 8.92. The fourth-order valence-corrected chi connectivity index (χ4v) is 3.73. The molecule has 0 spiro atoms. The first-order chi connectivity index (χ1) is 12.1. The van der Waals surface area contributed by atoms with E-state index >= 15 is 0 Å². The van der Waals surface area contributed by atoms with Crippen molar-refractivity contribution in [3.63, 3.8) is 0 Å². The van der Waals surface area contributed by atoms with Crippen molar-refractivity contribution >= 4 is 10.9 Å².